The van der Waals surface area contributed by atoms with Crippen LogP contribution in [0.1, 0.15) is 24.3 Å². The van der Waals surface area contributed by atoms with Gasteiger partial charge in [-0.2, -0.15) is 0 Å². The highest BCUT2D eigenvalue weighted by Gasteiger charge is 2.08. The van der Waals surface area contributed by atoms with Gasteiger partial charge in [-0.25, -0.2) is 0 Å². The highest BCUT2D eigenvalue weighted by molar-refractivity contribution is 7.09. The van der Waals surface area contributed by atoms with Gasteiger partial charge in [0.15, 0.2) is 0 Å². The fourth-order valence-electron chi connectivity index (χ4n) is 2.11. The van der Waals surface area contributed by atoms with Gasteiger partial charge in [0, 0.05) is 28.7 Å². The molecule has 1 aromatic carbocycles. The third kappa shape index (κ3) is 3.98. The zero-order valence-corrected chi connectivity index (χ0v) is 13.6. The van der Waals surface area contributed by atoms with E-state index in [-0.39, 0.29) is 0 Å². The molecule has 0 fully saturated rings. The van der Waals surface area contributed by atoms with Crippen LogP contribution < -0.4 is 10.2 Å². The Morgan fingerprint density at radius 3 is 2.70 bits per heavy atom. The minimum absolute atomic E-state index is 0.826. The first-order chi connectivity index (χ1) is 9.74. The number of thiophene rings is 1. The van der Waals surface area contributed by atoms with Crippen LogP contribution in [0.5, 0.6) is 0 Å². The molecule has 0 aliphatic carbocycles. The Labute approximate surface area is 130 Å². The first kappa shape index (κ1) is 15.4. The third-order valence-corrected chi connectivity index (χ3v) is 4.49. The van der Waals surface area contributed by atoms with Crippen molar-refractivity contribution in [3.05, 3.63) is 51.2 Å². The van der Waals surface area contributed by atoms with E-state index >= 15 is 0 Å². The minimum Gasteiger partial charge on any atom is -0.367 e. The first-order valence-corrected chi connectivity index (χ1v) is 8.26. The van der Waals surface area contributed by atoms with Crippen LogP contribution in [-0.4, -0.2) is 13.1 Å². The fraction of sp³-hybridized carbons (Fsp3) is 0.375. The van der Waals surface area contributed by atoms with Gasteiger partial charge in [-0.3, -0.25) is 0 Å². The molecule has 0 saturated carbocycles. The van der Waals surface area contributed by atoms with E-state index in [2.05, 4.69) is 59.8 Å². The summed E-state index contributed by atoms with van der Waals surface area (Å²) in [5, 5.41) is 6.27. The zero-order chi connectivity index (χ0) is 14.4. The average Bonchev–Trinajstić information content (AvgIpc) is 2.96. The molecule has 2 rings (SSSR count). The van der Waals surface area contributed by atoms with Crippen LogP contribution in [0.3, 0.4) is 0 Å². The van der Waals surface area contributed by atoms with Gasteiger partial charge in [0.1, 0.15) is 0 Å². The van der Waals surface area contributed by atoms with E-state index < -0.39 is 0 Å². The van der Waals surface area contributed by atoms with E-state index in [0.717, 1.165) is 36.8 Å². The smallest absolute Gasteiger partial charge is 0.0522 e. The van der Waals surface area contributed by atoms with Crippen LogP contribution in [0.25, 0.3) is 0 Å². The minimum atomic E-state index is 0.826. The lowest BCUT2D eigenvalue weighted by atomic mass is 10.2. The summed E-state index contributed by atoms with van der Waals surface area (Å²) in [4.78, 5) is 3.72. The maximum absolute atomic E-state index is 6.38. The van der Waals surface area contributed by atoms with Gasteiger partial charge in [-0.1, -0.05) is 30.7 Å². The molecule has 1 heterocycles. The van der Waals surface area contributed by atoms with Crippen LogP contribution in [-0.2, 0) is 13.1 Å². The number of hydrogen-bond acceptors (Lipinski definition) is 3. The highest BCUT2D eigenvalue weighted by Crippen LogP contribution is 2.25. The molecule has 0 aliphatic heterocycles. The predicted octanol–water partition coefficient (Wildman–Crippen LogP) is 4.54. The Balaban J connectivity index is 2.11. The van der Waals surface area contributed by atoms with Crippen molar-refractivity contribution in [3.63, 3.8) is 0 Å². The molecule has 4 heteroatoms. The van der Waals surface area contributed by atoms with Crippen molar-refractivity contribution in [1.82, 2.24) is 5.32 Å². The Bertz CT molecular complexity index is 525. The number of benzene rings is 1. The van der Waals surface area contributed by atoms with Crippen molar-refractivity contribution < 1.29 is 0 Å². The number of rotatable bonds is 7. The molecule has 0 unspecified atom stereocenters. The van der Waals surface area contributed by atoms with Crippen molar-refractivity contribution >= 4 is 28.6 Å². The highest BCUT2D eigenvalue weighted by atomic mass is 35.5. The van der Waals surface area contributed by atoms with Gasteiger partial charge >= 0.3 is 0 Å². The van der Waals surface area contributed by atoms with Crippen LogP contribution in [0.15, 0.2) is 35.7 Å². The monoisotopic (exact) mass is 308 g/mol. The molecule has 2 nitrogen and oxygen atoms in total. The Morgan fingerprint density at radius 2 is 2.10 bits per heavy atom. The second-order valence-corrected chi connectivity index (χ2v) is 6.09. The standard InChI is InChI=1S/C16H21ClN2S/c1-3-18-11-13-7-8-14(10-16(13)17)19(4-2)12-15-6-5-9-20-15/h5-10,18H,3-4,11-12H2,1-2H3. The molecule has 0 spiro atoms. The Morgan fingerprint density at radius 1 is 1.25 bits per heavy atom. The zero-order valence-electron chi connectivity index (χ0n) is 12.0. The second-order valence-electron chi connectivity index (χ2n) is 4.65. The van der Waals surface area contributed by atoms with E-state index in [4.69, 9.17) is 11.6 Å². The van der Waals surface area contributed by atoms with Crippen molar-refractivity contribution in [2.24, 2.45) is 0 Å². The molecule has 0 atom stereocenters. The lowest BCUT2D eigenvalue weighted by Gasteiger charge is -2.23. The molecule has 1 N–H and O–H groups in total. The Kier molecular flexibility index (Phi) is 5.89. The van der Waals surface area contributed by atoms with Crippen molar-refractivity contribution in [1.29, 1.82) is 0 Å². The third-order valence-electron chi connectivity index (χ3n) is 3.28. The normalized spacial score (nSPS) is 10.8. The fourth-order valence-corrected chi connectivity index (χ4v) is 3.07. The SMILES string of the molecule is CCNCc1ccc(N(CC)Cc2cccs2)cc1Cl. The summed E-state index contributed by atoms with van der Waals surface area (Å²) in [5.41, 5.74) is 2.34. The molecular weight excluding hydrogens is 288 g/mol. The second kappa shape index (κ2) is 7.67. The summed E-state index contributed by atoms with van der Waals surface area (Å²) in [7, 11) is 0. The molecule has 108 valence electrons. The molecule has 1 aromatic heterocycles. The first-order valence-electron chi connectivity index (χ1n) is 7.01. The van der Waals surface area contributed by atoms with E-state index in [1.54, 1.807) is 11.3 Å². The lowest BCUT2D eigenvalue weighted by Crippen LogP contribution is -2.21. The topological polar surface area (TPSA) is 15.3 Å². The molecule has 0 saturated heterocycles. The number of anilines is 1. The van der Waals surface area contributed by atoms with Crippen LogP contribution in [0, 0.1) is 0 Å². The summed E-state index contributed by atoms with van der Waals surface area (Å²) in [5.74, 6) is 0. The molecular formula is C16H21ClN2S. The molecule has 20 heavy (non-hydrogen) atoms. The maximum atomic E-state index is 6.38. The van der Waals surface area contributed by atoms with Crippen LogP contribution in [0.4, 0.5) is 5.69 Å². The quantitative estimate of drug-likeness (QED) is 0.808. The van der Waals surface area contributed by atoms with Gasteiger partial charge in [0.25, 0.3) is 0 Å². The van der Waals surface area contributed by atoms with E-state index in [9.17, 15) is 0 Å². The number of halogens is 1. The lowest BCUT2D eigenvalue weighted by molar-refractivity contribution is 0.726. The van der Waals surface area contributed by atoms with Gasteiger partial charge < -0.3 is 10.2 Å². The molecule has 2 aromatic rings. The molecule has 0 aliphatic rings. The summed E-state index contributed by atoms with van der Waals surface area (Å²) in [6.07, 6.45) is 0. The van der Waals surface area contributed by atoms with Crippen molar-refractivity contribution in [2.75, 3.05) is 18.0 Å². The van der Waals surface area contributed by atoms with E-state index in [1.165, 1.54) is 10.6 Å². The molecule has 0 radical (unpaired) electrons. The molecule has 0 amide bonds. The summed E-state index contributed by atoms with van der Waals surface area (Å²) < 4.78 is 0. The van der Waals surface area contributed by atoms with Crippen LogP contribution in [0.2, 0.25) is 5.02 Å². The van der Waals surface area contributed by atoms with E-state index in [1.807, 2.05) is 0 Å². The summed E-state index contributed by atoms with van der Waals surface area (Å²) in [6.45, 7) is 7.97. The van der Waals surface area contributed by atoms with Gasteiger partial charge in [0.05, 0.1) is 6.54 Å². The maximum Gasteiger partial charge on any atom is 0.0522 e. The average molecular weight is 309 g/mol. The van der Waals surface area contributed by atoms with E-state index in [0.29, 0.717) is 0 Å². The van der Waals surface area contributed by atoms with Gasteiger partial charge in [-0.15, -0.1) is 11.3 Å². The van der Waals surface area contributed by atoms with Gasteiger partial charge in [-0.05, 0) is 42.6 Å². The van der Waals surface area contributed by atoms with Crippen molar-refractivity contribution in [2.45, 2.75) is 26.9 Å². The summed E-state index contributed by atoms with van der Waals surface area (Å²) in [6, 6.07) is 10.6. The molecule has 0 bridgehead atoms. The summed E-state index contributed by atoms with van der Waals surface area (Å²) >= 11 is 8.18. The number of nitrogens with one attached hydrogen (secondary N) is 1. The van der Waals surface area contributed by atoms with Crippen LogP contribution >= 0.6 is 22.9 Å². The Hall–Kier alpha value is -1.03. The largest absolute Gasteiger partial charge is 0.367 e. The number of nitrogens with zero attached hydrogens (tertiary/aromatic N) is 1. The van der Waals surface area contributed by atoms with Gasteiger partial charge in [0.2, 0.25) is 0 Å². The number of hydrogen-bond donors (Lipinski definition) is 1. The predicted molar refractivity (Wildman–Crippen MR) is 89.9 cm³/mol. The van der Waals surface area contributed by atoms with Crippen molar-refractivity contribution in [3.8, 4) is 0 Å².